The molecule has 1 atom stereocenters. The molecule has 104 valence electrons. The van der Waals surface area contributed by atoms with Crippen LogP contribution in [0.3, 0.4) is 0 Å². The predicted molar refractivity (Wildman–Crippen MR) is 68.8 cm³/mol. The quantitative estimate of drug-likeness (QED) is 0.895. The van der Waals surface area contributed by atoms with Gasteiger partial charge in [-0.1, -0.05) is 0 Å². The van der Waals surface area contributed by atoms with Crippen LogP contribution in [-0.2, 0) is 9.53 Å². The van der Waals surface area contributed by atoms with Crippen LogP contribution in [0, 0.1) is 0 Å². The highest BCUT2D eigenvalue weighted by Crippen LogP contribution is 2.23. The van der Waals surface area contributed by atoms with Crippen LogP contribution < -0.4 is 4.74 Å². The predicted octanol–water partition coefficient (Wildman–Crippen LogP) is 1.07. The number of carboxylic acid groups (broad SMARTS) is 1. The lowest BCUT2D eigenvalue weighted by Crippen LogP contribution is -2.46. The minimum atomic E-state index is -0.919. The normalized spacial score (nSPS) is 19.2. The zero-order chi connectivity index (χ0) is 13.8. The molecule has 1 aromatic rings. The van der Waals surface area contributed by atoms with Crippen molar-refractivity contribution < 1.29 is 24.2 Å². The molecule has 0 spiro atoms. The number of carbonyl (C=O) groups is 2. The zero-order valence-electron chi connectivity index (χ0n) is 10.5. The van der Waals surface area contributed by atoms with Gasteiger partial charge in [0, 0.05) is 24.5 Å². The van der Waals surface area contributed by atoms with Crippen molar-refractivity contribution in [3.05, 3.63) is 16.3 Å². The molecule has 0 unspecified atom stereocenters. The molecule has 1 aromatic heterocycles. The number of thiophene rings is 1. The standard InChI is InChI=1S/C12H15NO5S/c1-17-9-4-10(19-7-9)12(16)13-2-3-18-8(6-13)5-11(14)15/h4,7-8H,2-3,5-6H2,1H3,(H,14,15)/t8-/m1/s1. The molecule has 1 fully saturated rings. The maximum atomic E-state index is 12.2. The fraction of sp³-hybridized carbons (Fsp3) is 0.500. The van der Waals surface area contributed by atoms with Gasteiger partial charge in [0.25, 0.3) is 5.91 Å². The summed E-state index contributed by atoms with van der Waals surface area (Å²) in [7, 11) is 1.55. The van der Waals surface area contributed by atoms with E-state index in [0.717, 1.165) is 0 Å². The number of rotatable bonds is 4. The Hall–Kier alpha value is -1.60. The van der Waals surface area contributed by atoms with E-state index in [-0.39, 0.29) is 12.3 Å². The smallest absolute Gasteiger partial charge is 0.306 e. The van der Waals surface area contributed by atoms with E-state index in [4.69, 9.17) is 14.6 Å². The lowest BCUT2D eigenvalue weighted by atomic mass is 10.2. The first kappa shape index (κ1) is 13.8. The van der Waals surface area contributed by atoms with E-state index in [1.165, 1.54) is 11.3 Å². The summed E-state index contributed by atoms with van der Waals surface area (Å²) in [5.74, 6) is -0.368. The summed E-state index contributed by atoms with van der Waals surface area (Å²) in [5.41, 5.74) is 0. The number of carboxylic acids is 1. The van der Waals surface area contributed by atoms with Gasteiger partial charge in [0.15, 0.2) is 0 Å². The number of methoxy groups -OCH3 is 1. The highest BCUT2D eigenvalue weighted by molar-refractivity contribution is 7.12. The van der Waals surface area contributed by atoms with E-state index in [9.17, 15) is 9.59 Å². The highest BCUT2D eigenvalue weighted by Gasteiger charge is 2.27. The summed E-state index contributed by atoms with van der Waals surface area (Å²) >= 11 is 1.32. The molecule has 1 aliphatic rings. The molecule has 1 aliphatic heterocycles. The van der Waals surface area contributed by atoms with E-state index in [0.29, 0.717) is 30.3 Å². The van der Waals surface area contributed by atoms with Crippen LogP contribution in [0.4, 0.5) is 0 Å². The summed E-state index contributed by atoms with van der Waals surface area (Å²) in [6, 6.07) is 1.69. The second-order valence-corrected chi connectivity index (χ2v) is 5.10. The summed E-state index contributed by atoms with van der Waals surface area (Å²) in [6.45, 7) is 1.16. The second kappa shape index (κ2) is 6.03. The van der Waals surface area contributed by atoms with Crippen LogP contribution >= 0.6 is 11.3 Å². The molecule has 0 saturated carbocycles. The first-order chi connectivity index (χ1) is 9.10. The zero-order valence-corrected chi connectivity index (χ0v) is 11.3. The Morgan fingerprint density at radius 2 is 2.42 bits per heavy atom. The summed E-state index contributed by atoms with van der Waals surface area (Å²) in [6.07, 6.45) is -0.519. The number of aliphatic carboxylic acids is 1. The minimum absolute atomic E-state index is 0.0858. The van der Waals surface area contributed by atoms with Crippen molar-refractivity contribution in [1.82, 2.24) is 4.90 Å². The largest absolute Gasteiger partial charge is 0.496 e. The Balaban J connectivity index is 2.00. The van der Waals surface area contributed by atoms with Gasteiger partial charge >= 0.3 is 5.97 Å². The minimum Gasteiger partial charge on any atom is -0.496 e. The van der Waals surface area contributed by atoms with Gasteiger partial charge in [-0.25, -0.2) is 0 Å². The topological polar surface area (TPSA) is 76.1 Å². The van der Waals surface area contributed by atoms with Crippen molar-refractivity contribution in [2.45, 2.75) is 12.5 Å². The SMILES string of the molecule is COc1csc(C(=O)N2CCO[C@H](CC(=O)O)C2)c1. The summed E-state index contributed by atoms with van der Waals surface area (Å²) in [4.78, 5) is 25.1. The number of amides is 1. The molecule has 1 amide bonds. The second-order valence-electron chi connectivity index (χ2n) is 4.19. The van der Waals surface area contributed by atoms with Gasteiger partial charge in [0.05, 0.1) is 31.1 Å². The maximum absolute atomic E-state index is 12.2. The summed E-state index contributed by atoms with van der Waals surface area (Å²) in [5, 5.41) is 10.5. The Kier molecular flexibility index (Phi) is 4.39. The van der Waals surface area contributed by atoms with Crippen molar-refractivity contribution in [3.8, 4) is 5.75 Å². The van der Waals surface area contributed by atoms with E-state index in [1.807, 2.05) is 0 Å². The first-order valence-electron chi connectivity index (χ1n) is 5.85. The number of hydrogen-bond acceptors (Lipinski definition) is 5. The average Bonchev–Trinajstić information content (AvgIpc) is 2.86. The molecule has 0 aromatic carbocycles. The monoisotopic (exact) mass is 285 g/mol. The third-order valence-electron chi connectivity index (χ3n) is 2.85. The van der Waals surface area contributed by atoms with Crippen molar-refractivity contribution in [2.24, 2.45) is 0 Å². The van der Waals surface area contributed by atoms with Crippen molar-refractivity contribution in [2.75, 3.05) is 26.8 Å². The van der Waals surface area contributed by atoms with Gasteiger partial charge in [-0.3, -0.25) is 9.59 Å². The van der Waals surface area contributed by atoms with Gasteiger partial charge in [-0.15, -0.1) is 11.3 Å². The van der Waals surface area contributed by atoms with Gasteiger partial charge in [-0.05, 0) is 0 Å². The number of nitrogens with zero attached hydrogens (tertiary/aromatic N) is 1. The molecule has 6 nitrogen and oxygen atoms in total. The molecule has 19 heavy (non-hydrogen) atoms. The molecule has 0 aliphatic carbocycles. The van der Waals surface area contributed by atoms with Gasteiger partial charge in [0.2, 0.25) is 0 Å². The molecule has 2 heterocycles. The van der Waals surface area contributed by atoms with Crippen molar-refractivity contribution in [3.63, 3.8) is 0 Å². The van der Waals surface area contributed by atoms with Crippen LogP contribution in [0.2, 0.25) is 0 Å². The van der Waals surface area contributed by atoms with Crippen LogP contribution in [0.25, 0.3) is 0 Å². The number of hydrogen-bond donors (Lipinski definition) is 1. The molecular weight excluding hydrogens is 270 g/mol. The molecule has 2 rings (SSSR count). The third kappa shape index (κ3) is 3.45. The van der Waals surface area contributed by atoms with Gasteiger partial charge < -0.3 is 19.5 Å². The maximum Gasteiger partial charge on any atom is 0.306 e. The average molecular weight is 285 g/mol. The number of ether oxygens (including phenoxy) is 2. The lowest BCUT2D eigenvalue weighted by Gasteiger charge is -2.32. The van der Waals surface area contributed by atoms with E-state index < -0.39 is 12.1 Å². The lowest BCUT2D eigenvalue weighted by molar-refractivity contribution is -0.141. The molecule has 1 saturated heterocycles. The highest BCUT2D eigenvalue weighted by atomic mass is 32.1. The fourth-order valence-electron chi connectivity index (χ4n) is 1.92. The van der Waals surface area contributed by atoms with E-state index in [1.54, 1.807) is 23.5 Å². The molecular formula is C12H15NO5S. The van der Waals surface area contributed by atoms with Crippen molar-refractivity contribution in [1.29, 1.82) is 0 Å². The van der Waals surface area contributed by atoms with Crippen LogP contribution in [0.1, 0.15) is 16.1 Å². The van der Waals surface area contributed by atoms with Crippen LogP contribution in [0.5, 0.6) is 5.75 Å². The van der Waals surface area contributed by atoms with Crippen LogP contribution in [-0.4, -0.2) is 54.8 Å². The van der Waals surface area contributed by atoms with Gasteiger partial charge in [-0.2, -0.15) is 0 Å². The number of carbonyl (C=O) groups excluding carboxylic acids is 1. The Bertz CT molecular complexity index is 472. The Labute approximate surface area is 114 Å². The van der Waals surface area contributed by atoms with E-state index >= 15 is 0 Å². The Morgan fingerprint density at radius 1 is 1.63 bits per heavy atom. The fourth-order valence-corrected chi connectivity index (χ4v) is 2.74. The Morgan fingerprint density at radius 3 is 3.05 bits per heavy atom. The van der Waals surface area contributed by atoms with Gasteiger partial charge in [0.1, 0.15) is 5.75 Å². The van der Waals surface area contributed by atoms with Crippen molar-refractivity contribution >= 4 is 23.2 Å². The molecule has 7 heteroatoms. The number of morpholine rings is 1. The summed E-state index contributed by atoms with van der Waals surface area (Å²) < 4.78 is 10.4. The first-order valence-corrected chi connectivity index (χ1v) is 6.73. The van der Waals surface area contributed by atoms with E-state index in [2.05, 4.69) is 0 Å². The molecule has 0 bridgehead atoms. The molecule has 1 N–H and O–H groups in total. The third-order valence-corrected chi connectivity index (χ3v) is 3.75. The molecule has 0 radical (unpaired) electrons. The van der Waals surface area contributed by atoms with Crippen LogP contribution in [0.15, 0.2) is 11.4 Å².